The van der Waals surface area contributed by atoms with E-state index in [0.29, 0.717) is 28.2 Å². The molecule has 1 saturated heterocycles. The Morgan fingerprint density at radius 2 is 1.95 bits per heavy atom. The molecule has 0 saturated carbocycles. The summed E-state index contributed by atoms with van der Waals surface area (Å²) in [6.45, 7) is 11.2. The highest BCUT2D eigenvalue weighted by atomic mass is 35.5. The Bertz CT molecular complexity index is 1930. The van der Waals surface area contributed by atoms with Gasteiger partial charge in [-0.15, -0.1) is 0 Å². The molecular weight excluding hydrogens is 591 g/mol. The number of hydrogen-bond donors (Lipinski definition) is 1. The number of fused-ring (bicyclic) bond motifs is 5. The van der Waals surface area contributed by atoms with Crippen molar-refractivity contribution in [2.45, 2.75) is 45.7 Å². The summed E-state index contributed by atoms with van der Waals surface area (Å²) in [7, 11) is 1.51. The Hall–Kier alpha value is -4.71. The second-order valence-electron chi connectivity index (χ2n) is 11.4. The van der Waals surface area contributed by atoms with Crippen LogP contribution < -0.4 is 15.4 Å². The number of benzene rings is 1. The fourth-order valence-electron chi connectivity index (χ4n) is 6.28. The van der Waals surface area contributed by atoms with Gasteiger partial charge in [-0.2, -0.15) is 0 Å². The van der Waals surface area contributed by atoms with Crippen molar-refractivity contribution < 1.29 is 23.6 Å². The van der Waals surface area contributed by atoms with Crippen molar-refractivity contribution in [1.29, 1.82) is 0 Å². The number of piperazine rings is 1. The second-order valence-corrected chi connectivity index (χ2v) is 11.8. The van der Waals surface area contributed by atoms with Crippen LogP contribution in [0.2, 0.25) is 5.02 Å². The maximum absolute atomic E-state index is 15.1. The maximum Gasteiger partial charge on any atom is 0.283 e. The molecule has 11 nitrogen and oxygen atoms in total. The average molecular weight is 621 g/mol. The van der Waals surface area contributed by atoms with Gasteiger partial charge in [0.2, 0.25) is 5.91 Å². The van der Waals surface area contributed by atoms with Crippen molar-refractivity contribution in [3.63, 3.8) is 0 Å². The van der Waals surface area contributed by atoms with Crippen LogP contribution in [0, 0.1) is 12.7 Å². The number of rotatable bonds is 4. The first kappa shape index (κ1) is 29.4. The molecule has 4 aromatic rings. The minimum Gasteiger partial charge on any atom is -0.507 e. The summed E-state index contributed by atoms with van der Waals surface area (Å²) >= 11 is 6.79. The lowest BCUT2D eigenvalue weighted by atomic mass is 9.97. The molecule has 44 heavy (non-hydrogen) atoms. The smallest absolute Gasteiger partial charge is 0.283 e. The normalized spacial score (nSPS) is 18.2. The number of pyridine rings is 2. The molecule has 1 aromatic carbocycles. The molecule has 0 spiro atoms. The molecule has 0 aliphatic carbocycles. The number of aromatic hydroxyl groups is 1. The van der Waals surface area contributed by atoms with Gasteiger partial charge in [0.15, 0.2) is 11.4 Å². The topological polar surface area (TPSA) is 125 Å². The Morgan fingerprint density at radius 1 is 1.23 bits per heavy atom. The fourth-order valence-corrected chi connectivity index (χ4v) is 6.53. The molecule has 2 atom stereocenters. The Balaban J connectivity index is 1.75. The predicted molar refractivity (Wildman–Crippen MR) is 164 cm³/mol. The molecule has 3 aromatic heterocycles. The van der Waals surface area contributed by atoms with Gasteiger partial charge in [-0.05, 0) is 38.1 Å². The minimum atomic E-state index is -0.809. The zero-order chi connectivity index (χ0) is 31.8. The lowest BCUT2D eigenvalue weighted by Crippen LogP contribution is -2.66. The number of likely N-dealkylation sites (N-methyl/N-ethyl adjacent to an activating group) is 1. The molecule has 5 heterocycles. The summed E-state index contributed by atoms with van der Waals surface area (Å²) in [5.74, 6) is -1.59. The van der Waals surface area contributed by atoms with Gasteiger partial charge in [0, 0.05) is 30.9 Å². The first-order valence-corrected chi connectivity index (χ1v) is 14.5. The van der Waals surface area contributed by atoms with Gasteiger partial charge >= 0.3 is 0 Å². The Labute approximate surface area is 256 Å². The van der Waals surface area contributed by atoms with Crippen LogP contribution in [0.5, 0.6) is 5.75 Å². The molecule has 0 radical (unpaired) electrons. The summed E-state index contributed by atoms with van der Waals surface area (Å²) in [5.41, 5.74) is 0.457. The first-order chi connectivity index (χ1) is 20.9. The molecule has 2 amide bonds. The number of carbonyl (C=O) groups is 2. The van der Waals surface area contributed by atoms with E-state index in [1.54, 1.807) is 17.9 Å². The molecule has 2 aliphatic heterocycles. The molecule has 13 heteroatoms. The summed E-state index contributed by atoms with van der Waals surface area (Å²) in [6, 6.07) is 4.21. The van der Waals surface area contributed by atoms with Gasteiger partial charge in [0.05, 0.1) is 28.5 Å². The molecule has 1 N–H and O–H groups in total. The van der Waals surface area contributed by atoms with Crippen LogP contribution in [0.1, 0.15) is 38.1 Å². The number of anilines is 2. The lowest BCUT2D eigenvalue weighted by molar-refractivity contribution is -0.129. The largest absolute Gasteiger partial charge is 0.507 e. The van der Waals surface area contributed by atoms with Gasteiger partial charge in [-0.1, -0.05) is 43.3 Å². The van der Waals surface area contributed by atoms with E-state index in [-0.39, 0.29) is 64.2 Å². The van der Waals surface area contributed by atoms with E-state index in [9.17, 15) is 19.5 Å². The zero-order valence-electron chi connectivity index (χ0n) is 24.8. The van der Waals surface area contributed by atoms with Crippen LogP contribution >= 0.6 is 11.6 Å². The number of aryl methyl sites for hydroxylation is 1. The number of amides is 2. The van der Waals surface area contributed by atoms with E-state index in [4.69, 9.17) is 21.1 Å². The maximum atomic E-state index is 15.1. The van der Waals surface area contributed by atoms with Gasteiger partial charge in [0.25, 0.3) is 11.5 Å². The third kappa shape index (κ3) is 4.19. The molecule has 2 aliphatic rings. The third-order valence-corrected chi connectivity index (χ3v) is 8.56. The highest BCUT2D eigenvalue weighted by molar-refractivity contribution is 6.34. The molecule has 228 valence electrons. The number of nitrogens with zero attached hydrogens (tertiary/aromatic N) is 6. The molecule has 1 fully saturated rings. The van der Waals surface area contributed by atoms with Crippen LogP contribution in [0.15, 0.2) is 46.2 Å². The van der Waals surface area contributed by atoms with Crippen molar-refractivity contribution in [2.24, 2.45) is 0 Å². The van der Waals surface area contributed by atoms with Crippen LogP contribution in [0.4, 0.5) is 15.8 Å². The summed E-state index contributed by atoms with van der Waals surface area (Å²) in [5, 5.41) is 15.2. The second kappa shape index (κ2) is 10.5. The van der Waals surface area contributed by atoms with E-state index in [2.05, 4.69) is 11.7 Å². The molecule has 0 bridgehead atoms. The fraction of sp³-hybridized carbons (Fsp3) is 0.323. The summed E-state index contributed by atoms with van der Waals surface area (Å²) < 4.78 is 22.1. The van der Waals surface area contributed by atoms with E-state index < -0.39 is 23.5 Å². The SMILES string of the molecule is C=CC(=O)N1C[C@@H](C)N2c3c(c(=O)n(-c4c(C)noc4C(C)C)c4nc(-c5c(O)cccc5F)c(Cl)cc34)N(C)C(=O)[C@H]2C1. The first-order valence-electron chi connectivity index (χ1n) is 14.1. The summed E-state index contributed by atoms with van der Waals surface area (Å²) in [6.07, 6.45) is 1.21. The van der Waals surface area contributed by atoms with E-state index in [1.165, 1.54) is 40.8 Å². The number of phenols is 1. The van der Waals surface area contributed by atoms with Crippen molar-refractivity contribution in [1.82, 2.24) is 19.6 Å². The Morgan fingerprint density at radius 3 is 2.61 bits per heavy atom. The summed E-state index contributed by atoms with van der Waals surface area (Å²) in [4.78, 5) is 50.5. The van der Waals surface area contributed by atoms with Crippen molar-refractivity contribution in [2.75, 3.05) is 29.9 Å². The number of halogens is 2. The van der Waals surface area contributed by atoms with Crippen LogP contribution in [-0.2, 0) is 9.59 Å². The molecule has 0 unspecified atom stereocenters. The third-order valence-electron chi connectivity index (χ3n) is 8.27. The number of aromatic nitrogens is 3. The van der Waals surface area contributed by atoms with Gasteiger partial charge in [-0.25, -0.2) is 9.37 Å². The molecular formula is C31H30ClFN6O5. The van der Waals surface area contributed by atoms with E-state index in [0.717, 1.165) is 0 Å². The zero-order valence-corrected chi connectivity index (χ0v) is 25.5. The lowest BCUT2D eigenvalue weighted by Gasteiger charge is -2.50. The van der Waals surface area contributed by atoms with Gasteiger partial charge in [-0.3, -0.25) is 19.0 Å². The molecule has 6 rings (SSSR count). The predicted octanol–water partition coefficient (Wildman–Crippen LogP) is 4.54. The van der Waals surface area contributed by atoms with Crippen LogP contribution in [-0.4, -0.2) is 68.7 Å². The van der Waals surface area contributed by atoms with Crippen LogP contribution in [0.3, 0.4) is 0 Å². The van der Waals surface area contributed by atoms with Crippen molar-refractivity contribution in [3.05, 3.63) is 69.6 Å². The van der Waals surface area contributed by atoms with Gasteiger partial charge < -0.3 is 24.3 Å². The van der Waals surface area contributed by atoms with Gasteiger partial charge in [0.1, 0.15) is 34.7 Å². The van der Waals surface area contributed by atoms with E-state index >= 15 is 4.39 Å². The monoisotopic (exact) mass is 620 g/mol. The highest BCUT2D eigenvalue weighted by Gasteiger charge is 2.47. The number of hydrogen-bond acceptors (Lipinski definition) is 8. The van der Waals surface area contributed by atoms with Crippen molar-refractivity contribution >= 4 is 45.8 Å². The van der Waals surface area contributed by atoms with Crippen molar-refractivity contribution in [3.8, 4) is 22.7 Å². The average Bonchev–Trinajstić information content (AvgIpc) is 3.36. The quantitative estimate of drug-likeness (QED) is 0.330. The van der Waals surface area contributed by atoms with E-state index in [1.807, 2.05) is 25.7 Å². The number of carbonyl (C=O) groups excluding carboxylic acids is 2. The minimum absolute atomic E-state index is 0.0145. The Kier molecular flexibility index (Phi) is 6.99. The van der Waals surface area contributed by atoms with Crippen LogP contribution in [0.25, 0.3) is 28.0 Å². The highest BCUT2D eigenvalue weighted by Crippen LogP contribution is 2.45. The number of phenolic OH excluding ortho intramolecular Hbond substituents is 1. The standard InChI is InChI=1S/C31H30ClFN6O5/c1-7-22(41)37-12-15(4)38-20(13-37)30(42)36(6)27-26(38)17-11-18(32)24(23-19(33)9-8-10-21(23)40)34-29(17)39(31(27)43)25-16(5)35-44-28(25)14(2)3/h7-11,14-15,20,40H,1,12-13H2,2-6H3/t15-,20-/m1/s1.